The Labute approximate surface area is 132 Å². The average molecular weight is 292 g/mol. The summed E-state index contributed by atoms with van der Waals surface area (Å²) in [4.78, 5) is 2.59. The Morgan fingerprint density at radius 2 is 1.67 bits per heavy atom. The molecular weight excluding hydrogens is 254 g/mol. The second-order valence-corrected chi connectivity index (χ2v) is 9.02. The molecule has 2 aliphatic carbocycles. The lowest BCUT2D eigenvalue weighted by molar-refractivity contribution is 0.0526. The van der Waals surface area contributed by atoms with Crippen LogP contribution >= 0.6 is 0 Å². The Balaban J connectivity index is 1.59. The second-order valence-electron chi connectivity index (χ2n) is 9.02. The van der Waals surface area contributed by atoms with Crippen molar-refractivity contribution in [2.45, 2.75) is 71.6 Å². The molecule has 1 nitrogen and oxygen atoms in total. The van der Waals surface area contributed by atoms with E-state index in [2.05, 4.69) is 25.8 Å². The van der Waals surface area contributed by atoms with E-state index in [0.717, 1.165) is 35.5 Å². The van der Waals surface area contributed by atoms with Crippen molar-refractivity contribution in [1.29, 1.82) is 0 Å². The van der Waals surface area contributed by atoms with Gasteiger partial charge in [-0.25, -0.2) is 0 Å². The zero-order chi connectivity index (χ0) is 14.8. The molecule has 0 bridgehead atoms. The van der Waals surface area contributed by atoms with Gasteiger partial charge in [0.1, 0.15) is 0 Å². The number of piperidine rings is 1. The minimum Gasteiger partial charge on any atom is -0.306 e. The average Bonchev–Trinajstić information content (AvgIpc) is 2.93. The van der Waals surface area contributed by atoms with Gasteiger partial charge in [-0.2, -0.15) is 0 Å². The first kappa shape index (κ1) is 15.8. The predicted octanol–water partition coefficient (Wildman–Crippen LogP) is 5.21. The number of hydrogen-bond donors (Lipinski definition) is 0. The van der Waals surface area contributed by atoms with Crippen LogP contribution in [0.15, 0.2) is 0 Å². The molecule has 5 unspecified atom stereocenters. The third-order valence-electron chi connectivity index (χ3n) is 7.04. The lowest BCUT2D eigenvalue weighted by Crippen LogP contribution is -2.42. The molecule has 3 fully saturated rings. The smallest absolute Gasteiger partial charge is 0.00118 e. The van der Waals surface area contributed by atoms with E-state index in [9.17, 15) is 0 Å². The molecule has 1 saturated heterocycles. The summed E-state index contributed by atoms with van der Waals surface area (Å²) < 4.78 is 0. The van der Waals surface area contributed by atoms with Crippen LogP contribution < -0.4 is 0 Å². The van der Waals surface area contributed by atoms with Crippen LogP contribution in [0.2, 0.25) is 0 Å². The van der Waals surface area contributed by atoms with Gasteiger partial charge in [-0.15, -0.1) is 0 Å². The van der Waals surface area contributed by atoms with E-state index in [4.69, 9.17) is 0 Å². The highest BCUT2D eigenvalue weighted by molar-refractivity contribution is 4.88. The second kappa shape index (κ2) is 7.02. The first-order valence-corrected chi connectivity index (χ1v) is 9.80. The maximum absolute atomic E-state index is 2.59. The molecule has 2 saturated carbocycles. The van der Waals surface area contributed by atoms with E-state index < -0.39 is 0 Å². The van der Waals surface area contributed by atoms with Crippen LogP contribution in [0.5, 0.6) is 0 Å². The van der Waals surface area contributed by atoms with Crippen LogP contribution in [0.4, 0.5) is 0 Å². The third-order valence-corrected chi connectivity index (χ3v) is 7.04. The van der Waals surface area contributed by atoms with Crippen molar-refractivity contribution in [1.82, 2.24) is 4.90 Å². The topological polar surface area (TPSA) is 3.24 Å². The Kier molecular flexibility index (Phi) is 5.30. The summed E-state index contributed by atoms with van der Waals surface area (Å²) >= 11 is 0. The lowest BCUT2D eigenvalue weighted by atomic mass is 9.65. The van der Waals surface area contributed by atoms with E-state index in [1.807, 2.05) is 0 Å². The maximum Gasteiger partial charge on any atom is 0.00118 e. The fraction of sp³-hybridized carbons (Fsp3) is 1.00. The van der Waals surface area contributed by atoms with E-state index in [1.54, 1.807) is 12.8 Å². The maximum atomic E-state index is 2.59. The summed E-state index contributed by atoms with van der Waals surface area (Å²) in [5.74, 6) is 6.10. The monoisotopic (exact) mass is 291 g/mol. The molecule has 0 amide bonds. The van der Waals surface area contributed by atoms with Gasteiger partial charge in [0.2, 0.25) is 0 Å². The fourth-order valence-electron chi connectivity index (χ4n) is 5.95. The van der Waals surface area contributed by atoms with Crippen LogP contribution in [0, 0.1) is 35.5 Å². The Morgan fingerprint density at radius 1 is 0.905 bits per heavy atom. The Hall–Kier alpha value is -0.0400. The van der Waals surface area contributed by atoms with Gasteiger partial charge in [0, 0.05) is 6.54 Å². The highest BCUT2D eigenvalue weighted by Gasteiger charge is 2.37. The molecule has 0 spiro atoms. The van der Waals surface area contributed by atoms with E-state index in [-0.39, 0.29) is 0 Å². The Morgan fingerprint density at radius 3 is 2.43 bits per heavy atom. The van der Waals surface area contributed by atoms with Gasteiger partial charge in [0.05, 0.1) is 0 Å². The summed E-state index contributed by atoms with van der Waals surface area (Å²) in [5.41, 5.74) is 0. The standard InChI is InChI=1S/C20H37N/c1-15-10-18(12-17-6-4-5-7-17)13-19(11-15)20-14-21(3)9-8-16(20)2/h15-20H,4-14H2,1-3H3. The molecule has 5 atom stereocenters. The molecule has 1 aliphatic heterocycles. The van der Waals surface area contributed by atoms with Crippen molar-refractivity contribution in [3.05, 3.63) is 0 Å². The van der Waals surface area contributed by atoms with Gasteiger partial charge >= 0.3 is 0 Å². The molecule has 21 heavy (non-hydrogen) atoms. The minimum atomic E-state index is 0.962. The van der Waals surface area contributed by atoms with Crippen LogP contribution in [-0.4, -0.2) is 25.0 Å². The SMILES string of the molecule is CC1CC(CC2CCCC2)CC(C2CN(C)CCC2C)C1. The summed E-state index contributed by atoms with van der Waals surface area (Å²) in [6.07, 6.45) is 13.7. The van der Waals surface area contributed by atoms with Gasteiger partial charge in [-0.1, -0.05) is 39.5 Å². The number of rotatable bonds is 3. The van der Waals surface area contributed by atoms with Crippen LogP contribution in [0.3, 0.4) is 0 Å². The third kappa shape index (κ3) is 4.03. The quantitative estimate of drug-likeness (QED) is 0.690. The van der Waals surface area contributed by atoms with Crippen molar-refractivity contribution in [2.24, 2.45) is 35.5 Å². The van der Waals surface area contributed by atoms with Crippen molar-refractivity contribution in [3.63, 3.8) is 0 Å². The first-order chi connectivity index (χ1) is 10.1. The van der Waals surface area contributed by atoms with Gasteiger partial charge in [-0.3, -0.25) is 0 Å². The first-order valence-electron chi connectivity index (χ1n) is 9.80. The summed E-state index contributed by atoms with van der Waals surface area (Å²) in [6, 6.07) is 0. The normalized spacial score (nSPS) is 43.3. The number of likely N-dealkylation sites (tertiary alicyclic amines) is 1. The molecule has 1 heteroatoms. The van der Waals surface area contributed by atoms with Crippen molar-refractivity contribution >= 4 is 0 Å². The molecular formula is C20H37N. The highest BCUT2D eigenvalue weighted by Crippen LogP contribution is 2.45. The van der Waals surface area contributed by atoms with Crippen LogP contribution in [0.25, 0.3) is 0 Å². The summed E-state index contributed by atoms with van der Waals surface area (Å²) in [6.45, 7) is 7.76. The fourth-order valence-corrected chi connectivity index (χ4v) is 5.95. The summed E-state index contributed by atoms with van der Waals surface area (Å²) in [7, 11) is 2.33. The molecule has 122 valence electrons. The van der Waals surface area contributed by atoms with Gasteiger partial charge in [0.15, 0.2) is 0 Å². The Bertz CT molecular complexity index is 320. The number of hydrogen-bond acceptors (Lipinski definition) is 1. The molecule has 0 aromatic rings. The molecule has 0 radical (unpaired) electrons. The largest absolute Gasteiger partial charge is 0.306 e. The molecule has 3 aliphatic rings. The van der Waals surface area contributed by atoms with Crippen molar-refractivity contribution < 1.29 is 0 Å². The molecule has 1 heterocycles. The highest BCUT2D eigenvalue weighted by atomic mass is 15.1. The molecule has 3 rings (SSSR count). The molecule has 0 aromatic carbocycles. The molecule has 0 aromatic heterocycles. The van der Waals surface area contributed by atoms with Crippen LogP contribution in [0.1, 0.15) is 71.6 Å². The predicted molar refractivity (Wildman–Crippen MR) is 91.3 cm³/mol. The van der Waals surface area contributed by atoms with E-state index >= 15 is 0 Å². The van der Waals surface area contributed by atoms with Crippen molar-refractivity contribution in [3.8, 4) is 0 Å². The van der Waals surface area contributed by atoms with Gasteiger partial charge in [-0.05, 0) is 81.2 Å². The lowest BCUT2D eigenvalue weighted by Gasteiger charge is -2.44. The zero-order valence-electron chi connectivity index (χ0n) is 14.7. The van der Waals surface area contributed by atoms with Crippen LogP contribution in [-0.2, 0) is 0 Å². The number of nitrogens with zero attached hydrogens (tertiary/aromatic N) is 1. The zero-order valence-corrected chi connectivity index (χ0v) is 14.7. The van der Waals surface area contributed by atoms with Gasteiger partial charge < -0.3 is 4.90 Å². The molecule has 0 N–H and O–H groups in total. The summed E-state index contributed by atoms with van der Waals surface area (Å²) in [5, 5.41) is 0. The van der Waals surface area contributed by atoms with Crippen molar-refractivity contribution in [2.75, 3.05) is 20.1 Å². The van der Waals surface area contributed by atoms with Gasteiger partial charge in [0.25, 0.3) is 0 Å². The van der Waals surface area contributed by atoms with E-state index in [0.29, 0.717) is 0 Å². The minimum absolute atomic E-state index is 0.962. The van der Waals surface area contributed by atoms with E-state index in [1.165, 1.54) is 58.0 Å².